The molecule has 0 aliphatic heterocycles. The Labute approximate surface area is 172 Å². The summed E-state index contributed by atoms with van der Waals surface area (Å²) in [5.74, 6) is 0.120. The van der Waals surface area contributed by atoms with E-state index < -0.39 is 12.0 Å². The molecule has 0 radical (unpaired) electrons. The van der Waals surface area contributed by atoms with Gasteiger partial charge in [-0.15, -0.1) is 0 Å². The maximum atomic E-state index is 11.8. The highest BCUT2D eigenvalue weighted by Crippen LogP contribution is 2.35. The largest absolute Gasteiger partial charge is 0.480 e. The molecular formula is C22H18ClN3O3. The third kappa shape index (κ3) is 3.93. The molecule has 29 heavy (non-hydrogen) atoms. The quantitative estimate of drug-likeness (QED) is 0.469. The first kappa shape index (κ1) is 19.0. The second-order valence-corrected chi connectivity index (χ2v) is 7.13. The summed E-state index contributed by atoms with van der Waals surface area (Å²) in [6.07, 6.45) is 1.68. The Kier molecular flexibility index (Phi) is 5.18. The molecule has 1 atom stereocenters. The molecule has 4 rings (SSSR count). The number of fused-ring (bicyclic) bond motifs is 1. The number of rotatable bonds is 6. The number of carboxylic acids is 1. The Hall–Kier alpha value is -3.38. The summed E-state index contributed by atoms with van der Waals surface area (Å²) in [6, 6.07) is 15.9. The van der Waals surface area contributed by atoms with Crippen LogP contribution in [0.5, 0.6) is 0 Å². The molecule has 0 aliphatic rings. The number of benzene rings is 2. The molecular weight excluding hydrogens is 390 g/mol. The molecule has 0 saturated heterocycles. The molecule has 0 fully saturated rings. The number of hydrogen-bond acceptors (Lipinski definition) is 5. The molecule has 0 bridgehead atoms. The van der Waals surface area contributed by atoms with Gasteiger partial charge in [-0.3, -0.25) is 0 Å². The summed E-state index contributed by atoms with van der Waals surface area (Å²) in [5.41, 5.74) is 3.00. The number of nitrogens with one attached hydrogen (secondary N) is 1. The van der Waals surface area contributed by atoms with Crippen molar-refractivity contribution in [1.82, 2.24) is 9.97 Å². The van der Waals surface area contributed by atoms with E-state index in [0.717, 1.165) is 16.7 Å². The highest BCUT2D eigenvalue weighted by Gasteiger charge is 2.23. The first-order chi connectivity index (χ1) is 14.0. The van der Waals surface area contributed by atoms with Gasteiger partial charge in [0.25, 0.3) is 0 Å². The van der Waals surface area contributed by atoms with Gasteiger partial charge in [0.1, 0.15) is 23.9 Å². The summed E-state index contributed by atoms with van der Waals surface area (Å²) in [6.45, 7) is 1.90. The number of aliphatic carboxylic acids is 1. The van der Waals surface area contributed by atoms with Crippen LogP contribution in [0, 0.1) is 6.92 Å². The molecule has 2 heterocycles. The topological polar surface area (TPSA) is 88.3 Å². The second kappa shape index (κ2) is 7.93. The molecule has 2 aromatic carbocycles. The van der Waals surface area contributed by atoms with E-state index in [-0.39, 0.29) is 0 Å². The molecule has 2 aromatic heterocycles. The molecule has 1 unspecified atom stereocenters. The second-order valence-electron chi connectivity index (χ2n) is 6.69. The first-order valence-corrected chi connectivity index (χ1v) is 9.44. The lowest BCUT2D eigenvalue weighted by Crippen LogP contribution is -2.32. The van der Waals surface area contributed by atoms with Gasteiger partial charge in [-0.2, -0.15) is 0 Å². The maximum Gasteiger partial charge on any atom is 0.326 e. The highest BCUT2D eigenvalue weighted by molar-refractivity contribution is 6.30. The molecule has 6 nitrogen and oxygen atoms in total. The van der Waals surface area contributed by atoms with Crippen molar-refractivity contribution >= 4 is 34.5 Å². The predicted octanol–water partition coefficient (Wildman–Crippen LogP) is 4.96. The van der Waals surface area contributed by atoms with Crippen molar-refractivity contribution in [3.8, 4) is 11.3 Å². The molecule has 0 amide bonds. The fraction of sp³-hybridized carbons (Fsp3) is 0.136. The summed E-state index contributed by atoms with van der Waals surface area (Å²) in [5, 5.41) is 14.1. The monoisotopic (exact) mass is 407 g/mol. The van der Waals surface area contributed by atoms with Crippen LogP contribution in [0.2, 0.25) is 5.02 Å². The van der Waals surface area contributed by atoms with Crippen LogP contribution in [-0.4, -0.2) is 27.1 Å². The summed E-state index contributed by atoms with van der Waals surface area (Å²) < 4.78 is 5.94. The minimum Gasteiger partial charge on any atom is -0.480 e. The number of aryl methyl sites for hydroxylation is 1. The van der Waals surface area contributed by atoms with E-state index in [4.69, 9.17) is 16.0 Å². The highest BCUT2D eigenvalue weighted by atomic mass is 35.5. The van der Waals surface area contributed by atoms with Crippen molar-refractivity contribution in [2.75, 3.05) is 5.32 Å². The Morgan fingerprint density at radius 3 is 2.55 bits per heavy atom. The van der Waals surface area contributed by atoms with E-state index in [1.54, 1.807) is 12.1 Å². The van der Waals surface area contributed by atoms with Crippen LogP contribution >= 0.6 is 11.6 Å². The van der Waals surface area contributed by atoms with Gasteiger partial charge in [0.05, 0.1) is 5.39 Å². The number of carboxylic acid groups (broad SMARTS) is 1. The Morgan fingerprint density at radius 1 is 1.14 bits per heavy atom. The van der Waals surface area contributed by atoms with E-state index in [0.29, 0.717) is 34.1 Å². The lowest BCUT2D eigenvalue weighted by atomic mass is 10.1. The summed E-state index contributed by atoms with van der Waals surface area (Å²) >= 11 is 5.98. The average molecular weight is 408 g/mol. The van der Waals surface area contributed by atoms with Gasteiger partial charge in [0, 0.05) is 22.6 Å². The fourth-order valence-electron chi connectivity index (χ4n) is 3.27. The van der Waals surface area contributed by atoms with Gasteiger partial charge in [-0.1, -0.05) is 41.9 Å². The summed E-state index contributed by atoms with van der Waals surface area (Å²) in [4.78, 5) is 20.3. The van der Waals surface area contributed by atoms with Gasteiger partial charge in [0.2, 0.25) is 5.71 Å². The van der Waals surface area contributed by atoms with Crippen LogP contribution in [0.1, 0.15) is 11.1 Å². The van der Waals surface area contributed by atoms with Crippen LogP contribution in [0.4, 0.5) is 5.82 Å². The fourth-order valence-corrected chi connectivity index (χ4v) is 3.40. The van der Waals surface area contributed by atoms with Crippen molar-refractivity contribution < 1.29 is 14.3 Å². The van der Waals surface area contributed by atoms with E-state index in [2.05, 4.69) is 15.3 Å². The van der Waals surface area contributed by atoms with Gasteiger partial charge in [-0.05, 0) is 36.8 Å². The van der Waals surface area contributed by atoms with Crippen molar-refractivity contribution in [1.29, 1.82) is 0 Å². The molecule has 0 aliphatic carbocycles. The van der Waals surface area contributed by atoms with Crippen molar-refractivity contribution in [2.45, 2.75) is 19.4 Å². The standard InChI is InChI=1S/C22H18ClN3O3/c1-13-18-20(26-17(22(27)28)11-14-5-3-2-4-6-14)24-12-25-21(18)29-19(13)15-7-9-16(23)10-8-15/h2-10,12,17H,11H2,1H3,(H,27,28)(H,24,25,26). The molecule has 146 valence electrons. The maximum absolute atomic E-state index is 11.8. The number of hydrogen-bond donors (Lipinski definition) is 2. The van der Waals surface area contributed by atoms with Crippen LogP contribution < -0.4 is 5.32 Å². The minimum absolute atomic E-state index is 0.322. The number of aromatic nitrogens is 2. The number of halogens is 1. The van der Waals surface area contributed by atoms with Crippen LogP contribution in [0.25, 0.3) is 22.4 Å². The smallest absolute Gasteiger partial charge is 0.326 e. The van der Waals surface area contributed by atoms with Gasteiger partial charge < -0.3 is 14.8 Å². The molecule has 0 saturated carbocycles. The number of carbonyl (C=O) groups is 1. The zero-order valence-electron chi connectivity index (χ0n) is 15.6. The van der Waals surface area contributed by atoms with Crippen molar-refractivity contribution in [3.05, 3.63) is 77.1 Å². The predicted molar refractivity (Wildman–Crippen MR) is 112 cm³/mol. The van der Waals surface area contributed by atoms with E-state index in [1.165, 1.54) is 6.33 Å². The van der Waals surface area contributed by atoms with Crippen LogP contribution in [-0.2, 0) is 11.2 Å². The van der Waals surface area contributed by atoms with E-state index >= 15 is 0 Å². The molecule has 7 heteroatoms. The SMILES string of the molecule is Cc1c(-c2ccc(Cl)cc2)oc2ncnc(NC(Cc3ccccc3)C(=O)O)c12. The Bertz CT molecular complexity index is 1160. The zero-order valence-corrected chi connectivity index (χ0v) is 16.3. The third-order valence-corrected chi connectivity index (χ3v) is 4.98. The lowest BCUT2D eigenvalue weighted by Gasteiger charge is -2.15. The van der Waals surface area contributed by atoms with E-state index in [9.17, 15) is 9.90 Å². The minimum atomic E-state index is -0.959. The Balaban J connectivity index is 1.71. The van der Waals surface area contributed by atoms with Crippen LogP contribution in [0.15, 0.2) is 65.3 Å². The molecule has 4 aromatic rings. The summed E-state index contributed by atoms with van der Waals surface area (Å²) in [7, 11) is 0. The first-order valence-electron chi connectivity index (χ1n) is 9.06. The van der Waals surface area contributed by atoms with Crippen molar-refractivity contribution in [3.63, 3.8) is 0 Å². The van der Waals surface area contributed by atoms with E-state index in [1.807, 2.05) is 49.4 Å². The van der Waals surface area contributed by atoms with Crippen LogP contribution in [0.3, 0.4) is 0 Å². The average Bonchev–Trinajstić information content (AvgIpc) is 3.06. The van der Waals surface area contributed by atoms with Gasteiger partial charge in [-0.25, -0.2) is 14.8 Å². The normalized spacial score (nSPS) is 12.1. The van der Waals surface area contributed by atoms with Crippen molar-refractivity contribution in [2.24, 2.45) is 0 Å². The number of anilines is 1. The third-order valence-electron chi connectivity index (χ3n) is 4.72. The number of furan rings is 1. The van der Waals surface area contributed by atoms with Gasteiger partial charge in [0.15, 0.2) is 0 Å². The number of nitrogens with zero attached hydrogens (tertiary/aromatic N) is 2. The Morgan fingerprint density at radius 2 is 1.86 bits per heavy atom. The van der Waals surface area contributed by atoms with Gasteiger partial charge >= 0.3 is 5.97 Å². The zero-order chi connectivity index (χ0) is 20.4. The molecule has 0 spiro atoms. The molecule has 2 N–H and O–H groups in total. The lowest BCUT2D eigenvalue weighted by molar-refractivity contribution is -0.137.